The first-order valence-corrected chi connectivity index (χ1v) is 9.37. The van der Waals surface area contributed by atoms with E-state index < -0.39 is 0 Å². The molecule has 1 N–H and O–H groups in total. The highest BCUT2D eigenvalue weighted by Crippen LogP contribution is 2.24. The topological polar surface area (TPSA) is 63.4 Å². The van der Waals surface area contributed by atoms with Gasteiger partial charge in [0.2, 0.25) is 11.8 Å². The molecule has 0 unspecified atom stereocenters. The Morgan fingerprint density at radius 3 is 2.63 bits per heavy atom. The van der Waals surface area contributed by atoms with E-state index in [2.05, 4.69) is 44.7 Å². The second-order valence-electron chi connectivity index (χ2n) is 6.68. The molecule has 1 saturated heterocycles. The molecule has 1 aromatic heterocycles. The molecule has 0 atom stereocenters. The summed E-state index contributed by atoms with van der Waals surface area (Å²) in [6, 6.07) is 16.1. The van der Waals surface area contributed by atoms with Gasteiger partial charge in [-0.1, -0.05) is 6.07 Å². The summed E-state index contributed by atoms with van der Waals surface area (Å²) in [4.78, 5) is 2.45. The van der Waals surface area contributed by atoms with Crippen molar-refractivity contribution in [2.45, 2.75) is 25.8 Å². The van der Waals surface area contributed by atoms with E-state index in [0.29, 0.717) is 18.3 Å². The molecule has 0 spiro atoms. The van der Waals surface area contributed by atoms with Crippen LogP contribution < -0.4 is 15.0 Å². The number of aromatic nitrogens is 2. The summed E-state index contributed by atoms with van der Waals surface area (Å²) in [5, 5.41) is 11.6. The van der Waals surface area contributed by atoms with Crippen molar-refractivity contribution in [1.29, 1.82) is 0 Å². The Labute approximate surface area is 159 Å². The van der Waals surface area contributed by atoms with Gasteiger partial charge < -0.3 is 19.4 Å². The predicted octanol–water partition coefficient (Wildman–Crippen LogP) is 4.35. The van der Waals surface area contributed by atoms with Crippen LogP contribution in [0.25, 0.3) is 11.5 Å². The molecule has 0 aliphatic carbocycles. The third-order valence-corrected chi connectivity index (χ3v) is 4.82. The standard InChI is InChI=1S/C21H24N4O2/c1-26-19-7-5-6-16(14-19)21-24-23-20(27-21)15-22-17-8-10-18(11-9-17)25-12-3-2-4-13-25/h5-11,14,22H,2-4,12-13,15H2,1H3. The molecule has 1 aliphatic heterocycles. The fourth-order valence-electron chi connectivity index (χ4n) is 3.32. The second kappa shape index (κ2) is 8.12. The van der Waals surface area contributed by atoms with E-state index in [4.69, 9.17) is 9.15 Å². The minimum atomic E-state index is 0.486. The lowest BCUT2D eigenvalue weighted by Gasteiger charge is -2.28. The summed E-state index contributed by atoms with van der Waals surface area (Å²) >= 11 is 0. The van der Waals surface area contributed by atoms with Crippen LogP contribution in [0.2, 0.25) is 0 Å². The summed E-state index contributed by atoms with van der Waals surface area (Å²) in [7, 11) is 1.64. The molecule has 0 amide bonds. The van der Waals surface area contributed by atoms with Gasteiger partial charge in [0.05, 0.1) is 13.7 Å². The van der Waals surface area contributed by atoms with Crippen molar-refractivity contribution in [3.8, 4) is 17.2 Å². The number of methoxy groups -OCH3 is 1. The Hall–Kier alpha value is -3.02. The van der Waals surface area contributed by atoms with Gasteiger partial charge >= 0.3 is 0 Å². The quantitative estimate of drug-likeness (QED) is 0.702. The van der Waals surface area contributed by atoms with Gasteiger partial charge in [-0.25, -0.2) is 0 Å². The molecule has 27 heavy (non-hydrogen) atoms. The fourth-order valence-corrected chi connectivity index (χ4v) is 3.32. The molecule has 3 aromatic rings. The van der Waals surface area contributed by atoms with Crippen molar-refractivity contribution in [2.24, 2.45) is 0 Å². The summed E-state index contributed by atoms with van der Waals surface area (Å²) in [6.07, 6.45) is 3.91. The van der Waals surface area contributed by atoms with Gasteiger partial charge in [-0.05, 0) is 61.7 Å². The van der Waals surface area contributed by atoms with Gasteiger partial charge in [0.1, 0.15) is 5.75 Å². The van der Waals surface area contributed by atoms with Crippen LogP contribution in [-0.4, -0.2) is 30.4 Å². The smallest absolute Gasteiger partial charge is 0.247 e. The van der Waals surface area contributed by atoms with Crippen LogP contribution in [0.5, 0.6) is 5.75 Å². The van der Waals surface area contributed by atoms with E-state index in [1.807, 2.05) is 24.3 Å². The minimum Gasteiger partial charge on any atom is -0.497 e. The van der Waals surface area contributed by atoms with Crippen molar-refractivity contribution in [3.63, 3.8) is 0 Å². The van der Waals surface area contributed by atoms with Crippen molar-refractivity contribution in [2.75, 3.05) is 30.4 Å². The highest BCUT2D eigenvalue weighted by molar-refractivity contribution is 5.56. The first-order valence-electron chi connectivity index (χ1n) is 9.37. The summed E-state index contributed by atoms with van der Waals surface area (Å²) in [6.45, 7) is 2.80. The lowest BCUT2D eigenvalue weighted by atomic mass is 10.1. The Morgan fingerprint density at radius 2 is 1.85 bits per heavy atom. The average Bonchev–Trinajstić information content (AvgIpc) is 3.22. The van der Waals surface area contributed by atoms with Gasteiger partial charge in [-0.3, -0.25) is 0 Å². The molecule has 2 heterocycles. The molecule has 0 bridgehead atoms. The molecule has 140 valence electrons. The van der Waals surface area contributed by atoms with E-state index in [1.165, 1.54) is 24.9 Å². The van der Waals surface area contributed by atoms with E-state index in [-0.39, 0.29) is 0 Å². The third-order valence-electron chi connectivity index (χ3n) is 4.82. The first kappa shape index (κ1) is 17.4. The van der Waals surface area contributed by atoms with Crippen molar-refractivity contribution < 1.29 is 9.15 Å². The fraction of sp³-hybridized carbons (Fsp3) is 0.333. The number of nitrogens with one attached hydrogen (secondary N) is 1. The number of ether oxygens (including phenoxy) is 1. The molecule has 6 nitrogen and oxygen atoms in total. The Kier molecular flexibility index (Phi) is 5.23. The largest absolute Gasteiger partial charge is 0.497 e. The normalized spacial score (nSPS) is 14.2. The van der Waals surface area contributed by atoms with Crippen LogP contribution in [0, 0.1) is 0 Å². The maximum atomic E-state index is 5.76. The molecular weight excluding hydrogens is 340 g/mol. The third kappa shape index (κ3) is 4.22. The van der Waals surface area contributed by atoms with Gasteiger partial charge in [0.15, 0.2) is 0 Å². The van der Waals surface area contributed by atoms with Crippen LogP contribution >= 0.6 is 0 Å². The van der Waals surface area contributed by atoms with Crippen LogP contribution in [0.3, 0.4) is 0 Å². The second-order valence-corrected chi connectivity index (χ2v) is 6.68. The van der Waals surface area contributed by atoms with E-state index in [1.54, 1.807) is 7.11 Å². The lowest BCUT2D eigenvalue weighted by molar-refractivity contribution is 0.414. The number of benzene rings is 2. The number of piperidine rings is 1. The van der Waals surface area contributed by atoms with Crippen LogP contribution in [-0.2, 0) is 6.54 Å². The number of rotatable bonds is 6. The number of hydrogen-bond acceptors (Lipinski definition) is 6. The molecule has 0 radical (unpaired) electrons. The highest BCUT2D eigenvalue weighted by atomic mass is 16.5. The zero-order valence-corrected chi connectivity index (χ0v) is 15.5. The molecular formula is C21H24N4O2. The maximum absolute atomic E-state index is 5.76. The van der Waals surface area contributed by atoms with E-state index >= 15 is 0 Å². The minimum absolute atomic E-state index is 0.486. The Balaban J connectivity index is 1.37. The van der Waals surface area contributed by atoms with Crippen LogP contribution in [0.4, 0.5) is 11.4 Å². The maximum Gasteiger partial charge on any atom is 0.247 e. The van der Waals surface area contributed by atoms with Crippen molar-refractivity contribution >= 4 is 11.4 Å². The summed E-state index contributed by atoms with van der Waals surface area (Å²) < 4.78 is 11.0. The van der Waals surface area contributed by atoms with E-state index in [0.717, 1.165) is 30.1 Å². The Bertz CT molecular complexity index is 870. The van der Waals surface area contributed by atoms with Gasteiger partial charge in [0.25, 0.3) is 0 Å². The molecule has 4 rings (SSSR count). The van der Waals surface area contributed by atoms with E-state index in [9.17, 15) is 0 Å². The van der Waals surface area contributed by atoms with Crippen molar-refractivity contribution in [3.05, 3.63) is 54.4 Å². The zero-order valence-electron chi connectivity index (χ0n) is 15.5. The van der Waals surface area contributed by atoms with Crippen LogP contribution in [0.15, 0.2) is 52.9 Å². The highest BCUT2D eigenvalue weighted by Gasteiger charge is 2.11. The van der Waals surface area contributed by atoms with Crippen LogP contribution in [0.1, 0.15) is 25.2 Å². The van der Waals surface area contributed by atoms with Gasteiger partial charge in [-0.15, -0.1) is 10.2 Å². The summed E-state index contributed by atoms with van der Waals surface area (Å²) in [5.74, 6) is 1.80. The van der Waals surface area contributed by atoms with Crippen molar-refractivity contribution in [1.82, 2.24) is 10.2 Å². The zero-order chi connectivity index (χ0) is 18.5. The molecule has 2 aromatic carbocycles. The average molecular weight is 364 g/mol. The predicted molar refractivity (Wildman–Crippen MR) is 106 cm³/mol. The molecule has 1 aliphatic rings. The first-order chi connectivity index (χ1) is 13.3. The SMILES string of the molecule is COc1cccc(-c2nnc(CNc3ccc(N4CCCCC4)cc3)o2)c1. The number of hydrogen-bond donors (Lipinski definition) is 1. The molecule has 1 fully saturated rings. The van der Waals surface area contributed by atoms with Gasteiger partial charge in [-0.2, -0.15) is 0 Å². The number of nitrogens with zero attached hydrogens (tertiary/aromatic N) is 3. The molecule has 0 saturated carbocycles. The summed E-state index contributed by atoms with van der Waals surface area (Å²) in [5.41, 5.74) is 3.18. The molecule has 6 heteroatoms. The van der Waals surface area contributed by atoms with Gasteiger partial charge in [0, 0.05) is 30.0 Å². The number of anilines is 2. The monoisotopic (exact) mass is 364 g/mol. The lowest BCUT2D eigenvalue weighted by Crippen LogP contribution is -2.29. The Morgan fingerprint density at radius 1 is 1.04 bits per heavy atom.